The molecule has 0 amide bonds. The van der Waals surface area contributed by atoms with Crippen LogP contribution in [0.3, 0.4) is 0 Å². The summed E-state index contributed by atoms with van der Waals surface area (Å²) in [7, 11) is 0. The maximum Gasteiger partial charge on any atom is 0 e. The molecular formula is H12BiO6. The topological polar surface area (TPSA) is 189 Å². The summed E-state index contributed by atoms with van der Waals surface area (Å²) in [6.45, 7) is 0. The zero-order chi connectivity index (χ0) is 0. The summed E-state index contributed by atoms with van der Waals surface area (Å²) >= 11 is 0. The first kappa shape index (κ1) is 816. The molecule has 7 heteroatoms. The Kier molecular flexibility index (Phi) is 59600. The second kappa shape index (κ2) is 511. The van der Waals surface area contributed by atoms with E-state index in [1.165, 1.54) is 0 Å². The fraction of sp³-hybridized carbons (Fsp3) is 0. The van der Waals surface area contributed by atoms with Crippen LogP contribution in [0.15, 0.2) is 0 Å². The van der Waals surface area contributed by atoms with Crippen molar-refractivity contribution < 1.29 is 32.9 Å². The zero-order valence-electron chi connectivity index (χ0n) is 3.45. The van der Waals surface area contributed by atoms with Crippen LogP contribution in [-0.2, 0) is 0 Å². The maximum absolute atomic E-state index is 0. The fourth-order valence-electron chi connectivity index (χ4n) is 0. The van der Waals surface area contributed by atoms with Gasteiger partial charge in [-0.1, -0.05) is 0 Å². The van der Waals surface area contributed by atoms with Crippen LogP contribution in [-0.4, -0.2) is 59.1 Å². The van der Waals surface area contributed by atoms with E-state index in [4.69, 9.17) is 0 Å². The van der Waals surface area contributed by atoms with Crippen molar-refractivity contribution >= 4 is 26.2 Å². The molecule has 0 atom stereocenters. The standard InChI is InChI=1S/Bi.6H2O/h;6*1H2. The Labute approximate surface area is 59.5 Å². The molecule has 0 aliphatic rings. The minimum atomic E-state index is 0. The van der Waals surface area contributed by atoms with Gasteiger partial charge >= 0.3 is 0 Å². The van der Waals surface area contributed by atoms with E-state index in [1.54, 1.807) is 0 Å². The Balaban J connectivity index is 0. The van der Waals surface area contributed by atoms with E-state index in [9.17, 15) is 0 Å². The SMILES string of the molecule is O.O.O.O.O.O.[Bi]. The molecule has 0 aliphatic heterocycles. The predicted octanol–water partition coefficient (Wildman–Crippen LogP) is -5.33. The van der Waals surface area contributed by atoms with Crippen molar-refractivity contribution in [2.24, 2.45) is 0 Å². The second-order valence-electron chi connectivity index (χ2n) is 0. The first-order chi connectivity index (χ1) is 0. The smallest absolute Gasteiger partial charge is 0 e. The normalized spacial score (nSPS) is 0. The van der Waals surface area contributed by atoms with E-state index >= 15 is 0 Å². The Hall–Kier alpha value is 0.643. The van der Waals surface area contributed by atoms with Crippen molar-refractivity contribution in [2.75, 3.05) is 0 Å². The van der Waals surface area contributed by atoms with E-state index < -0.39 is 0 Å². The molecule has 0 aromatic rings. The summed E-state index contributed by atoms with van der Waals surface area (Å²) in [6, 6.07) is 0. The molecule has 53 valence electrons. The summed E-state index contributed by atoms with van der Waals surface area (Å²) in [6.07, 6.45) is 0. The van der Waals surface area contributed by atoms with Gasteiger partial charge in [-0.25, -0.2) is 0 Å². The van der Waals surface area contributed by atoms with Crippen molar-refractivity contribution in [2.45, 2.75) is 0 Å². The third kappa shape index (κ3) is 346. The Morgan fingerprint density at radius 2 is 0.286 bits per heavy atom. The quantitative estimate of drug-likeness (QED) is 0.386. The Morgan fingerprint density at radius 1 is 0.286 bits per heavy atom. The molecule has 3 radical (unpaired) electrons. The molecule has 0 aliphatic carbocycles. The molecular weight excluding hydrogens is 305 g/mol. The van der Waals surface area contributed by atoms with Crippen LogP contribution in [0.1, 0.15) is 0 Å². The largest absolute Gasteiger partial charge is 0.412 e. The summed E-state index contributed by atoms with van der Waals surface area (Å²) < 4.78 is 0. The third-order valence-corrected chi connectivity index (χ3v) is 0. The van der Waals surface area contributed by atoms with Gasteiger partial charge in [0, 0.05) is 26.2 Å². The van der Waals surface area contributed by atoms with Gasteiger partial charge in [-0.05, 0) is 0 Å². The maximum atomic E-state index is 0. The zero-order valence-corrected chi connectivity index (χ0v) is 6.92. The van der Waals surface area contributed by atoms with Gasteiger partial charge in [0.25, 0.3) is 0 Å². The van der Waals surface area contributed by atoms with E-state index in [0.29, 0.717) is 0 Å². The van der Waals surface area contributed by atoms with Crippen LogP contribution in [0.5, 0.6) is 0 Å². The van der Waals surface area contributed by atoms with Crippen molar-refractivity contribution in [1.82, 2.24) is 0 Å². The van der Waals surface area contributed by atoms with Crippen LogP contribution in [0.2, 0.25) is 0 Å². The average Bonchev–Trinajstić information content (AvgIpc) is 0. The van der Waals surface area contributed by atoms with Crippen molar-refractivity contribution in [1.29, 1.82) is 0 Å². The molecule has 0 heterocycles. The molecule has 0 unspecified atom stereocenters. The van der Waals surface area contributed by atoms with Crippen molar-refractivity contribution in [3.8, 4) is 0 Å². The third-order valence-electron chi connectivity index (χ3n) is 0. The first-order valence-electron chi connectivity index (χ1n) is 0. The van der Waals surface area contributed by atoms with Gasteiger partial charge in [0.15, 0.2) is 0 Å². The number of rotatable bonds is 0. The van der Waals surface area contributed by atoms with Gasteiger partial charge in [0.1, 0.15) is 0 Å². The van der Waals surface area contributed by atoms with Crippen LogP contribution in [0.25, 0.3) is 0 Å². The molecule has 7 heavy (non-hydrogen) atoms. The van der Waals surface area contributed by atoms with Crippen LogP contribution in [0, 0.1) is 0 Å². The molecule has 0 saturated carbocycles. The minimum Gasteiger partial charge on any atom is -0.412 e. The van der Waals surface area contributed by atoms with Gasteiger partial charge in [0.2, 0.25) is 0 Å². The Bertz CT molecular complexity index is 4.14. The van der Waals surface area contributed by atoms with E-state index in [-0.39, 0.29) is 59.1 Å². The fourth-order valence-corrected chi connectivity index (χ4v) is 0. The number of hydrogen-bond acceptors (Lipinski definition) is 0. The van der Waals surface area contributed by atoms with E-state index in [0.717, 1.165) is 0 Å². The minimum absolute atomic E-state index is 0. The van der Waals surface area contributed by atoms with Gasteiger partial charge in [0.05, 0.1) is 0 Å². The summed E-state index contributed by atoms with van der Waals surface area (Å²) in [5.74, 6) is 0. The predicted molar refractivity (Wildman–Crippen MR) is 27.4 cm³/mol. The van der Waals surface area contributed by atoms with E-state index in [1.807, 2.05) is 0 Å². The van der Waals surface area contributed by atoms with Gasteiger partial charge in [-0.15, -0.1) is 0 Å². The first-order valence-corrected chi connectivity index (χ1v) is 0. The molecule has 0 aromatic heterocycles. The molecule has 12 N–H and O–H groups in total. The van der Waals surface area contributed by atoms with Crippen molar-refractivity contribution in [3.05, 3.63) is 0 Å². The average molecular weight is 317 g/mol. The van der Waals surface area contributed by atoms with Crippen molar-refractivity contribution in [3.63, 3.8) is 0 Å². The van der Waals surface area contributed by atoms with E-state index in [2.05, 4.69) is 0 Å². The Morgan fingerprint density at radius 3 is 0.286 bits per heavy atom. The molecule has 0 fully saturated rings. The molecule has 6 nitrogen and oxygen atoms in total. The molecule has 0 saturated heterocycles. The molecule has 0 rings (SSSR count). The van der Waals surface area contributed by atoms with Gasteiger partial charge in [-0.2, -0.15) is 0 Å². The number of hydrogen-bond donors (Lipinski definition) is 0. The van der Waals surface area contributed by atoms with Crippen LogP contribution < -0.4 is 0 Å². The molecule has 0 spiro atoms. The monoisotopic (exact) mass is 317 g/mol. The van der Waals surface area contributed by atoms with Crippen LogP contribution in [0.4, 0.5) is 0 Å². The molecule has 0 bridgehead atoms. The van der Waals surface area contributed by atoms with Gasteiger partial charge in [-0.3, -0.25) is 0 Å². The van der Waals surface area contributed by atoms with Gasteiger partial charge < -0.3 is 32.9 Å². The molecule has 0 aromatic carbocycles. The summed E-state index contributed by atoms with van der Waals surface area (Å²) in [5, 5.41) is 0. The summed E-state index contributed by atoms with van der Waals surface area (Å²) in [5.41, 5.74) is 0. The van der Waals surface area contributed by atoms with Crippen LogP contribution >= 0.6 is 0 Å². The second-order valence-corrected chi connectivity index (χ2v) is 0. The summed E-state index contributed by atoms with van der Waals surface area (Å²) in [4.78, 5) is 0.